The van der Waals surface area contributed by atoms with Gasteiger partial charge < -0.3 is 9.84 Å². The topological polar surface area (TPSA) is 78.2 Å². The van der Waals surface area contributed by atoms with Gasteiger partial charge in [-0.05, 0) is 29.6 Å². The average molecular weight is 272 g/mol. The summed E-state index contributed by atoms with van der Waals surface area (Å²) in [5.74, 6) is 0.492. The number of halogens is 1. The number of hydrogen-bond acceptors (Lipinski definition) is 3. The zero-order valence-electron chi connectivity index (χ0n) is 8.14. The Bertz CT molecular complexity index is 403. The highest BCUT2D eigenvalue weighted by atomic mass is 79.9. The van der Waals surface area contributed by atoms with Crippen molar-refractivity contribution in [2.75, 3.05) is 13.7 Å². The van der Waals surface area contributed by atoms with Crippen molar-refractivity contribution >= 4 is 15.9 Å². The van der Waals surface area contributed by atoms with Crippen LogP contribution in [0.1, 0.15) is 5.56 Å². The lowest BCUT2D eigenvalue weighted by atomic mass is 10.1. The number of phenolic OH excluding ortho intramolecular Hbond substituents is 1. The van der Waals surface area contributed by atoms with Crippen molar-refractivity contribution in [2.45, 2.75) is 6.42 Å². The van der Waals surface area contributed by atoms with E-state index in [1.54, 1.807) is 12.1 Å². The highest BCUT2D eigenvalue weighted by Crippen LogP contribution is 2.32. The molecule has 0 spiro atoms. The summed E-state index contributed by atoms with van der Waals surface area (Å²) in [5, 5.41) is 13.0. The minimum Gasteiger partial charge on any atom is -0.504 e. The van der Waals surface area contributed by atoms with E-state index in [9.17, 15) is 5.11 Å². The normalized spacial score (nSPS) is 9.47. The van der Waals surface area contributed by atoms with E-state index >= 15 is 0 Å². The van der Waals surface area contributed by atoms with Crippen molar-refractivity contribution in [1.29, 1.82) is 0 Å². The van der Waals surface area contributed by atoms with E-state index in [2.05, 4.69) is 26.0 Å². The van der Waals surface area contributed by atoms with Crippen LogP contribution < -0.4 is 4.74 Å². The van der Waals surface area contributed by atoms with Crippen LogP contribution in [0, 0.1) is 0 Å². The Morgan fingerprint density at radius 1 is 1.60 bits per heavy atom. The summed E-state index contributed by atoms with van der Waals surface area (Å²) in [5.41, 5.74) is 9.00. The molecule has 15 heavy (non-hydrogen) atoms. The predicted molar refractivity (Wildman–Crippen MR) is 60.1 cm³/mol. The fraction of sp³-hybridized carbons (Fsp3) is 0.333. The van der Waals surface area contributed by atoms with Crippen LogP contribution in [0.25, 0.3) is 10.4 Å². The summed E-state index contributed by atoms with van der Waals surface area (Å²) in [4.78, 5) is 2.66. The van der Waals surface area contributed by atoms with E-state index in [-0.39, 0.29) is 5.75 Å². The molecule has 0 aliphatic heterocycles. The molecule has 80 valence electrons. The standard InChI is InChI=1S/C9H10BrN3O2/c1-15-9-5-7(10)6(4-8(9)14)2-3-12-13-11/h4-5,14H,2-3H2,1H3. The second-order valence-electron chi connectivity index (χ2n) is 2.82. The smallest absolute Gasteiger partial charge is 0.161 e. The molecular weight excluding hydrogens is 262 g/mol. The van der Waals surface area contributed by atoms with Crippen molar-refractivity contribution < 1.29 is 9.84 Å². The number of rotatable bonds is 4. The van der Waals surface area contributed by atoms with Crippen LogP contribution >= 0.6 is 15.9 Å². The molecule has 0 saturated carbocycles. The molecule has 0 bridgehead atoms. The quantitative estimate of drug-likeness (QED) is 0.519. The van der Waals surface area contributed by atoms with Gasteiger partial charge in [-0.25, -0.2) is 0 Å². The van der Waals surface area contributed by atoms with E-state index in [4.69, 9.17) is 10.3 Å². The van der Waals surface area contributed by atoms with Gasteiger partial charge in [-0.2, -0.15) is 0 Å². The summed E-state index contributed by atoms with van der Waals surface area (Å²) < 4.78 is 5.77. The van der Waals surface area contributed by atoms with Gasteiger partial charge in [0.05, 0.1) is 7.11 Å². The van der Waals surface area contributed by atoms with Gasteiger partial charge >= 0.3 is 0 Å². The molecule has 1 aromatic rings. The first-order valence-electron chi connectivity index (χ1n) is 4.25. The maximum atomic E-state index is 9.52. The molecule has 1 N–H and O–H groups in total. The lowest BCUT2D eigenvalue weighted by Crippen LogP contribution is -1.92. The van der Waals surface area contributed by atoms with Gasteiger partial charge in [0.25, 0.3) is 0 Å². The van der Waals surface area contributed by atoms with Crippen molar-refractivity contribution in [3.05, 3.63) is 32.6 Å². The van der Waals surface area contributed by atoms with E-state index < -0.39 is 0 Å². The van der Waals surface area contributed by atoms with Crippen LogP contribution in [0.5, 0.6) is 11.5 Å². The molecule has 0 unspecified atom stereocenters. The lowest BCUT2D eigenvalue weighted by Gasteiger charge is -2.07. The van der Waals surface area contributed by atoms with Gasteiger partial charge in [0.1, 0.15) is 0 Å². The first-order chi connectivity index (χ1) is 7.19. The van der Waals surface area contributed by atoms with Crippen molar-refractivity contribution in [3.63, 3.8) is 0 Å². The number of azide groups is 1. The molecule has 5 nitrogen and oxygen atoms in total. The monoisotopic (exact) mass is 271 g/mol. The molecule has 0 aliphatic rings. The van der Waals surface area contributed by atoms with Crippen LogP contribution in [0.15, 0.2) is 21.7 Å². The molecule has 0 atom stereocenters. The number of hydrogen-bond donors (Lipinski definition) is 1. The van der Waals surface area contributed by atoms with E-state index in [0.717, 1.165) is 10.0 Å². The van der Waals surface area contributed by atoms with Crippen molar-refractivity contribution in [2.24, 2.45) is 5.11 Å². The average Bonchev–Trinajstić information content (AvgIpc) is 2.23. The molecule has 0 amide bonds. The zero-order chi connectivity index (χ0) is 11.3. The number of phenols is 1. The van der Waals surface area contributed by atoms with Gasteiger partial charge in [-0.3, -0.25) is 0 Å². The summed E-state index contributed by atoms with van der Waals surface area (Å²) in [6.07, 6.45) is 0.572. The largest absolute Gasteiger partial charge is 0.504 e. The summed E-state index contributed by atoms with van der Waals surface area (Å²) >= 11 is 3.35. The fourth-order valence-electron chi connectivity index (χ4n) is 1.16. The summed E-state index contributed by atoms with van der Waals surface area (Å²) in [6, 6.07) is 3.27. The van der Waals surface area contributed by atoms with Gasteiger partial charge in [0.2, 0.25) is 0 Å². The van der Waals surface area contributed by atoms with Crippen LogP contribution in [0.2, 0.25) is 0 Å². The van der Waals surface area contributed by atoms with E-state index in [1.807, 2.05) is 0 Å². The Kier molecular flexibility index (Phi) is 4.27. The first kappa shape index (κ1) is 11.7. The number of aromatic hydroxyl groups is 1. The number of ether oxygens (including phenoxy) is 1. The number of nitrogens with zero attached hydrogens (tertiary/aromatic N) is 3. The van der Waals surface area contributed by atoms with Crippen LogP contribution in [-0.2, 0) is 6.42 Å². The third-order valence-corrected chi connectivity index (χ3v) is 2.63. The molecule has 0 saturated heterocycles. The molecule has 1 aromatic carbocycles. The first-order valence-corrected chi connectivity index (χ1v) is 5.04. The predicted octanol–water partition coefficient (Wildman–Crippen LogP) is 3.02. The summed E-state index contributed by atoms with van der Waals surface area (Å²) in [6.45, 7) is 0.362. The molecule has 0 fully saturated rings. The highest BCUT2D eigenvalue weighted by molar-refractivity contribution is 9.10. The summed E-state index contributed by atoms with van der Waals surface area (Å²) in [7, 11) is 1.49. The van der Waals surface area contributed by atoms with E-state index in [1.165, 1.54) is 7.11 Å². The Balaban J connectivity index is 2.89. The minimum atomic E-state index is 0.0802. The van der Waals surface area contributed by atoms with Gasteiger partial charge in [0, 0.05) is 15.9 Å². The van der Waals surface area contributed by atoms with E-state index in [0.29, 0.717) is 18.7 Å². The fourth-order valence-corrected chi connectivity index (χ4v) is 1.68. The second kappa shape index (κ2) is 5.48. The molecule has 6 heteroatoms. The Hall–Kier alpha value is -1.39. The van der Waals surface area contributed by atoms with Gasteiger partial charge in [0.15, 0.2) is 11.5 Å². The molecule has 1 rings (SSSR count). The maximum Gasteiger partial charge on any atom is 0.161 e. The third kappa shape index (κ3) is 3.04. The van der Waals surface area contributed by atoms with Gasteiger partial charge in [-0.1, -0.05) is 21.0 Å². The molecular formula is C9H10BrN3O2. The molecule has 0 aliphatic carbocycles. The SMILES string of the molecule is COc1cc(Br)c(CCN=[N+]=[N-])cc1O. The van der Waals surface area contributed by atoms with Crippen molar-refractivity contribution in [1.82, 2.24) is 0 Å². The molecule has 0 heterocycles. The maximum absolute atomic E-state index is 9.52. The van der Waals surface area contributed by atoms with Crippen LogP contribution in [-0.4, -0.2) is 18.8 Å². The number of methoxy groups -OCH3 is 1. The van der Waals surface area contributed by atoms with Gasteiger partial charge in [-0.15, -0.1) is 0 Å². The van der Waals surface area contributed by atoms with Crippen LogP contribution in [0.3, 0.4) is 0 Å². The Morgan fingerprint density at radius 3 is 2.93 bits per heavy atom. The lowest BCUT2D eigenvalue weighted by molar-refractivity contribution is 0.372. The molecule has 0 radical (unpaired) electrons. The Labute approximate surface area is 95.4 Å². The Morgan fingerprint density at radius 2 is 2.33 bits per heavy atom. The van der Waals surface area contributed by atoms with Crippen molar-refractivity contribution in [3.8, 4) is 11.5 Å². The number of benzene rings is 1. The van der Waals surface area contributed by atoms with Crippen LogP contribution in [0.4, 0.5) is 0 Å². The minimum absolute atomic E-state index is 0.0802. The zero-order valence-corrected chi connectivity index (χ0v) is 9.73. The third-order valence-electron chi connectivity index (χ3n) is 1.89. The highest BCUT2D eigenvalue weighted by Gasteiger charge is 2.07. The molecule has 0 aromatic heterocycles. The second-order valence-corrected chi connectivity index (χ2v) is 3.67.